The molecule has 0 spiro atoms. The smallest absolute Gasteiger partial charge is 0.360 e. The Morgan fingerprint density at radius 1 is 1.41 bits per heavy atom. The molecule has 2 rings (SSSR count). The Labute approximate surface area is 95.7 Å². The Morgan fingerprint density at radius 2 is 2.00 bits per heavy atom. The van der Waals surface area contributed by atoms with E-state index >= 15 is 0 Å². The maximum absolute atomic E-state index is 13.5. The third-order valence-corrected chi connectivity index (χ3v) is 2.62. The number of aliphatic carboxylic acids is 1. The predicted molar refractivity (Wildman–Crippen MR) is 59.7 cm³/mol. The number of carboxylic acids is 1. The molecule has 0 bridgehead atoms. The second kappa shape index (κ2) is 4.04. The second-order valence-corrected chi connectivity index (χ2v) is 3.56. The maximum atomic E-state index is 13.5. The Hall–Kier alpha value is -2.11. The Morgan fingerprint density at radius 3 is 2.53 bits per heavy atom. The molecule has 2 aromatic rings. The Kier molecular flexibility index (Phi) is 2.71. The molecule has 0 aliphatic rings. The summed E-state index contributed by atoms with van der Waals surface area (Å²) in [7, 11) is 0. The summed E-state index contributed by atoms with van der Waals surface area (Å²) < 4.78 is 15.5. The number of fused-ring (bicyclic) bond motifs is 1. The van der Waals surface area contributed by atoms with Crippen LogP contribution in [0, 0.1) is 0 Å². The molecule has 1 heterocycles. The van der Waals surface area contributed by atoms with Crippen molar-refractivity contribution in [2.75, 3.05) is 0 Å². The lowest BCUT2D eigenvalue weighted by molar-refractivity contribution is -0.146. The minimum absolute atomic E-state index is 0.286. The Balaban J connectivity index is 2.83. The van der Waals surface area contributed by atoms with E-state index in [1.165, 1.54) is 10.6 Å². The third-order valence-electron chi connectivity index (χ3n) is 2.62. The van der Waals surface area contributed by atoms with Gasteiger partial charge in [-0.15, -0.1) is 0 Å². The van der Waals surface area contributed by atoms with E-state index < -0.39 is 18.0 Å². The van der Waals surface area contributed by atoms with Crippen LogP contribution in [-0.4, -0.2) is 20.2 Å². The van der Waals surface area contributed by atoms with Crippen molar-refractivity contribution >= 4 is 17.0 Å². The van der Waals surface area contributed by atoms with E-state index in [-0.39, 0.29) is 5.52 Å². The molecule has 0 aliphatic carbocycles. The maximum Gasteiger partial charge on any atom is 0.360 e. The molecule has 5 nitrogen and oxygen atoms in total. The highest BCUT2D eigenvalue weighted by Crippen LogP contribution is 2.18. The molecule has 17 heavy (non-hydrogen) atoms. The second-order valence-electron chi connectivity index (χ2n) is 3.56. The van der Waals surface area contributed by atoms with Crippen LogP contribution in [0.2, 0.25) is 0 Å². The van der Waals surface area contributed by atoms with Gasteiger partial charge >= 0.3 is 11.7 Å². The van der Waals surface area contributed by atoms with Crippen LogP contribution in [-0.2, 0) is 11.3 Å². The minimum atomic E-state index is -2.36. The zero-order chi connectivity index (χ0) is 12.6. The summed E-state index contributed by atoms with van der Waals surface area (Å²) in [5, 5.41) is 8.66. The first-order valence-corrected chi connectivity index (χ1v) is 5.14. The number of carboxylic acid groups (broad SMARTS) is 1. The largest absolute Gasteiger partial charge is 0.478 e. The lowest BCUT2D eigenvalue weighted by atomic mass is 10.3. The fourth-order valence-electron chi connectivity index (χ4n) is 1.87. The lowest BCUT2D eigenvalue weighted by Gasteiger charge is -2.03. The summed E-state index contributed by atoms with van der Waals surface area (Å²) >= 11 is 0. The van der Waals surface area contributed by atoms with E-state index in [9.17, 15) is 14.0 Å². The summed E-state index contributed by atoms with van der Waals surface area (Å²) in [5.41, 5.74) is 0.168. The first-order chi connectivity index (χ1) is 8.07. The van der Waals surface area contributed by atoms with Crippen molar-refractivity contribution in [2.24, 2.45) is 0 Å². The quantitative estimate of drug-likeness (QED) is 0.878. The highest BCUT2D eigenvalue weighted by atomic mass is 19.1. The van der Waals surface area contributed by atoms with Crippen LogP contribution in [0.5, 0.6) is 0 Å². The zero-order valence-corrected chi connectivity index (χ0v) is 9.13. The van der Waals surface area contributed by atoms with Gasteiger partial charge in [-0.3, -0.25) is 9.13 Å². The van der Waals surface area contributed by atoms with Crippen molar-refractivity contribution in [2.45, 2.75) is 19.8 Å². The predicted octanol–water partition coefficient (Wildman–Crippen LogP) is 1.38. The van der Waals surface area contributed by atoms with Crippen molar-refractivity contribution < 1.29 is 14.3 Å². The van der Waals surface area contributed by atoms with Gasteiger partial charge in [0.25, 0.3) is 6.30 Å². The highest BCUT2D eigenvalue weighted by molar-refractivity contribution is 5.79. The van der Waals surface area contributed by atoms with Gasteiger partial charge in [0.1, 0.15) is 0 Å². The zero-order valence-electron chi connectivity index (χ0n) is 9.13. The number of halogens is 1. The lowest BCUT2D eigenvalue weighted by Crippen LogP contribution is -2.29. The fourth-order valence-corrected chi connectivity index (χ4v) is 1.87. The van der Waals surface area contributed by atoms with Crippen molar-refractivity contribution in [3.8, 4) is 0 Å². The van der Waals surface area contributed by atoms with Gasteiger partial charge in [-0.1, -0.05) is 12.1 Å². The molecule has 6 heteroatoms. The number of rotatable bonds is 3. The van der Waals surface area contributed by atoms with Crippen LogP contribution in [0.15, 0.2) is 29.1 Å². The monoisotopic (exact) mass is 238 g/mol. The van der Waals surface area contributed by atoms with Crippen molar-refractivity contribution in [1.82, 2.24) is 9.13 Å². The van der Waals surface area contributed by atoms with Gasteiger partial charge in [-0.25, -0.2) is 14.0 Å². The molecule has 1 aromatic carbocycles. The van der Waals surface area contributed by atoms with E-state index in [4.69, 9.17) is 5.11 Å². The van der Waals surface area contributed by atoms with Gasteiger partial charge in [0.2, 0.25) is 0 Å². The van der Waals surface area contributed by atoms with Crippen LogP contribution in [0.3, 0.4) is 0 Å². The average molecular weight is 238 g/mol. The first-order valence-electron chi connectivity index (χ1n) is 5.14. The van der Waals surface area contributed by atoms with E-state index in [1.807, 2.05) is 0 Å². The summed E-state index contributed by atoms with van der Waals surface area (Å²) in [6.07, 6.45) is -2.36. The van der Waals surface area contributed by atoms with Gasteiger partial charge in [0.05, 0.1) is 11.0 Å². The standard InChI is InChI=1S/C11H11FN2O3/c1-2-13-7-5-3-4-6-8(7)14(11(13)17)9(12)10(15)16/h3-6,9H,2H2,1H3,(H,15,16). The van der Waals surface area contributed by atoms with E-state index in [1.54, 1.807) is 25.1 Å². The molecule has 0 radical (unpaired) electrons. The molecule has 1 atom stereocenters. The van der Waals surface area contributed by atoms with Crippen molar-refractivity contribution in [3.63, 3.8) is 0 Å². The number of para-hydroxylation sites is 2. The highest BCUT2D eigenvalue weighted by Gasteiger charge is 2.24. The van der Waals surface area contributed by atoms with Crippen molar-refractivity contribution in [1.29, 1.82) is 0 Å². The molecule has 1 unspecified atom stereocenters. The molecule has 0 aliphatic heterocycles. The minimum Gasteiger partial charge on any atom is -0.478 e. The molecule has 1 N–H and O–H groups in total. The van der Waals surface area contributed by atoms with Crippen LogP contribution in [0.25, 0.3) is 11.0 Å². The number of hydrogen-bond acceptors (Lipinski definition) is 2. The normalized spacial score (nSPS) is 12.8. The first kappa shape index (κ1) is 11.4. The molecular weight excluding hydrogens is 227 g/mol. The van der Waals surface area contributed by atoms with Crippen LogP contribution in [0.4, 0.5) is 4.39 Å². The third kappa shape index (κ3) is 1.61. The number of carbonyl (C=O) groups is 1. The van der Waals surface area contributed by atoms with Gasteiger partial charge < -0.3 is 5.11 Å². The Bertz CT molecular complexity index is 629. The van der Waals surface area contributed by atoms with Crippen LogP contribution in [0.1, 0.15) is 13.2 Å². The van der Waals surface area contributed by atoms with E-state index in [0.29, 0.717) is 16.6 Å². The molecule has 1 aromatic heterocycles. The summed E-state index contributed by atoms with van der Waals surface area (Å²) in [5.74, 6) is -1.67. The summed E-state index contributed by atoms with van der Waals surface area (Å²) in [6, 6.07) is 6.53. The number of imidazole rings is 1. The van der Waals surface area contributed by atoms with Gasteiger partial charge in [-0.2, -0.15) is 0 Å². The number of aromatic nitrogens is 2. The van der Waals surface area contributed by atoms with Crippen LogP contribution >= 0.6 is 0 Å². The molecule has 0 saturated carbocycles. The molecule has 0 fully saturated rings. The van der Waals surface area contributed by atoms with E-state index in [2.05, 4.69) is 0 Å². The number of aryl methyl sites for hydroxylation is 1. The molecule has 0 amide bonds. The average Bonchev–Trinajstić information content (AvgIpc) is 2.59. The van der Waals surface area contributed by atoms with Gasteiger partial charge in [0.15, 0.2) is 0 Å². The number of nitrogens with zero attached hydrogens (tertiary/aromatic N) is 2. The number of benzene rings is 1. The van der Waals surface area contributed by atoms with E-state index in [0.717, 1.165) is 0 Å². The molecule has 90 valence electrons. The molecular formula is C11H11FN2O3. The topological polar surface area (TPSA) is 64.2 Å². The number of hydrogen-bond donors (Lipinski definition) is 1. The summed E-state index contributed by atoms with van der Waals surface area (Å²) in [4.78, 5) is 22.5. The SMILES string of the molecule is CCn1c(=O)n(C(F)C(=O)O)c2ccccc21. The van der Waals surface area contributed by atoms with Gasteiger partial charge in [0, 0.05) is 6.54 Å². The van der Waals surface area contributed by atoms with Crippen molar-refractivity contribution in [3.05, 3.63) is 34.7 Å². The summed E-state index contributed by atoms with van der Waals surface area (Å²) in [6.45, 7) is 2.10. The molecule has 0 saturated heterocycles. The fraction of sp³-hybridized carbons (Fsp3) is 0.273. The van der Waals surface area contributed by atoms with Gasteiger partial charge in [-0.05, 0) is 19.1 Å². The number of alkyl halides is 1. The van der Waals surface area contributed by atoms with Crippen LogP contribution < -0.4 is 5.69 Å².